The number of ether oxygens (including phenoxy) is 1. The van der Waals surface area contributed by atoms with E-state index in [4.69, 9.17) is 4.74 Å². The van der Waals surface area contributed by atoms with Gasteiger partial charge in [0.15, 0.2) is 11.6 Å². The fourth-order valence-corrected chi connectivity index (χ4v) is 3.87. The molecule has 0 saturated carbocycles. The molecule has 0 fully saturated rings. The van der Waals surface area contributed by atoms with Crippen molar-refractivity contribution in [2.45, 2.75) is 25.3 Å². The van der Waals surface area contributed by atoms with Crippen molar-refractivity contribution in [3.8, 4) is 5.75 Å². The number of carbonyl (C=O) groups excluding carboxylic acids is 1. The predicted molar refractivity (Wildman–Crippen MR) is 115 cm³/mol. The van der Waals surface area contributed by atoms with E-state index < -0.39 is 5.82 Å². The van der Waals surface area contributed by atoms with Gasteiger partial charge in [0.2, 0.25) is 0 Å². The summed E-state index contributed by atoms with van der Waals surface area (Å²) in [5.41, 5.74) is 3.04. The lowest BCUT2D eigenvalue weighted by atomic mass is 9.96. The Labute approximate surface area is 179 Å². The molecule has 0 radical (unpaired) electrons. The van der Waals surface area contributed by atoms with Crippen LogP contribution < -0.4 is 15.4 Å². The minimum atomic E-state index is -0.447. The zero-order valence-corrected chi connectivity index (χ0v) is 17.4. The highest BCUT2D eigenvalue weighted by atomic mass is 35.5. The third-order valence-corrected chi connectivity index (χ3v) is 5.35. The number of amides is 1. The molecular formula is C22H24ClF2N3O2. The Morgan fingerprint density at radius 2 is 2.10 bits per heavy atom. The molecule has 1 aromatic heterocycles. The van der Waals surface area contributed by atoms with Crippen LogP contribution in [0.15, 0.2) is 36.5 Å². The van der Waals surface area contributed by atoms with E-state index in [2.05, 4.69) is 15.6 Å². The number of H-pyrrole nitrogens is 1. The van der Waals surface area contributed by atoms with Crippen LogP contribution in [0.1, 0.15) is 27.9 Å². The first-order valence-corrected chi connectivity index (χ1v) is 9.72. The van der Waals surface area contributed by atoms with Crippen LogP contribution in [0.2, 0.25) is 0 Å². The Balaban J connectivity index is 0.00000256. The number of aromatic nitrogens is 1. The summed E-state index contributed by atoms with van der Waals surface area (Å²) >= 11 is 0. The highest BCUT2D eigenvalue weighted by molar-refractivity contribution is 5.96. The Kier molecular flexibility index (Phi) is 6.95. The lowest BCUT2D eigenvalue weighted by Gasteiger charge is -2.28. The molecule has 1 aliphatic rings. The monoisotopic (exact) mass is 435 g/mol. The Morgan fingerprint density at radius 3 is 2.90 bits per heavy atom. The van der Waals surface area contributed by atoms with Gasteiger partial charge in [-0.3, -0.25) is 4.79 Å². The number of hydrogen-bond acceptors (Lipinski definition) is 3. The number of halogens is 3. The number of carbonyl (C=O) groups is 1. The molecule has 3 aromatic rings. The fourth-order valence-electron chi connectivity index (χ4n) is 3.87. The topological polar surface area (TPSA) is 66.2 Å². The van der Waals surface area contributed by atoms with E-state index in [1.165, 1.54) is 18.2 Å². The second kappa shape index (κ2) is 9.45. The molecule has 5 nitrogen and oxygen atoms in total. The van der Waals surface area contributed by atoms with Crippen LogP contribution in [-0.2, 0) is 12.8 Å². The van der Waals surface area contributed by atoms with Crippen LogP contribution in [0, 0.1) is 11.6 Å². The third kappa shape index (κ3) is 4.42. The zero-order valence-electron chi connectivity index (χ0n) is 16.6. The van der Waals surface area contributed by atoms with Gasteiger partial charge in [-0.1, -0.05) is 0 Å². The van der Waals surface area contributed by atoms with Crippen molar-refractivity contribution in [3.05, 3.63) is 64.9 Å². The maximum Gasteiger partial charge on any atom is 0.251 e. The average molecular weight is 436 g/mol. The van der Waals surface area contributed by atoms with Crippen molar-refractivity contribution in [1.29, 1.82) is 0 Å². The van der Waals surface area contributed by atoms with Crippen molar-refractivity contribution >= 4 is 29.2 Å². The number of benzene rings is 2. The average Bonchev–Trinajstić information content (AvgIpc) is 3.13. The number of nitrogens with one attached hydrogen (secondary N) is 3. The predicted octanol–water partition coefficient (Wildman–Crippen LogP) is 3.75. The Hall–Kier alpha value is -2.64. The Bertz CT molecular complexity index is 1050. The number of rotatable bonds is 6. The second-order valence-electron chi connectivity index (χ2n) is 7.26. The normalized spacial score (nSPS) is 15.2. The van der Waals surface area contributed by atoms with Crippen molar-refractivity contribution in [2.75, 3.05) is 20.2 Å². The maximum atomic E-state index is 14.1. The molecular weight excluding hydrogens is 412 g/mol. The van der Waals surface area contributed by atoms with Crippen LogP contribution in [0.3, 0.4) is 0 Å². The van der Waals surface area contributed by atoms with Gasteiger partial charge in [0, 0.05) is 41.3 Å². The minimum absolute atomic E-state index is 0. The van der Waals surface area contributed by atoms with Crippen molar-refractivity contribution < 1.29 is 18.3 Å². The van der Waals surface area contributed by atoms with Gasteiger partial charge in [0.05, 0.1) is 0 Å². The minimum Gasteiger partial charge on any atom is -0.489 e. The summed E-state index contributed by atoms with van der Waals surface area (Å²) in [6.45, 7) is 1.08. The molecule has 4 rings (SSSR count). The SMILES string of the molecule is CNC(=O)c1ccc(F)c2c1CC(NCCCc1c[nH]c3ccc(F)cc13)CO2.Cl. The van der Waals surface area contributed by atoms with E-state index in [0.717, 1.165) is 35.9 Å². The maximum absolute atomic E-state index is 14.1. The Morgan fingerprint density at radius 1 is 1.27 bits per heavy atom. The smallest absolute Gasteiger partial charge is 0.251 e. The van der Waals surface area contributed by atoms with E-state index in [-0.39, 0.29) is 35.9 Å². The van der Waals surface area contributed by atoms with Gasteiger partial charge < -0.3 is 20.4 Å². The van der Waals surface area contributed by atoms with Gasteiger partial charge in [-0.15, -0.1) is 12.4 Å². The van der Waals surface area contributed by atoms with Crippen molar-refractivity contribution in [3.63, 3.8) is 0 Å². The molecule has 3 N–H and O–H groups in total. The van der Waals surface area contributed by atoms with Gasteiger partial charge in [0.25, 0.3) is 5.91 Å². The fraction of sp³-hybridized carbons (Fsp3) is 0.318. The first kappa shape index (κ1) is 22.1. The highest BCUT2D eigenvalue weighted by Gasteiger charge is 2.26. The first-order valence-electron chi connectivity index (χ1n) is 9.72. The van der Waals surface area contributed by atoms with Crippen LogP contribution in [-0.4, -0.2) is 37.1 Å². The van der Waals surface area contributed by atoms with Gasteiger partial charge in [-0.25, -0.2) is 8.78 Å². The molecule has 0 aliphatic carbocycles. The second-order valence-corrected chi connectivity index (χ2v) is 7.26. The van der Waals surface area contributed by atoms with Gasteiger partial charge in [-0.2, -0.15) is 0 Å². The summed E-state index contributed by atoms with van der Waals surface area (Å²) in [4.78, 5) is 15.3. The molecule has 160 valence electrons. The number of fused-ring (bicyclic) bond motifs is 2. The molecule has 8 heteroatoms. The molecule has 0 bridgehead atoms. The molecule has 1 amide bonds. The molecule has 2 aromatic carbocycles. The quantitative estimate of drug-likeness (QED) is 0.516. The third-order valence-electron chi connectivity index (χ3n) is 5.35. The standard InChI is InChI=1S/C22H23F2N3O2.ClH/c1-25-22(28)16-5-6-19(24)21-18(16)10-15(12-29-21)26-8-2-3-13-11-27-20-7-4-14(23)9-17(13)20;/h4-7,9,11,15,26-27H,2-3,8,10,12H2,1H3,(H,25,28);1H. The summed E-state index contributed by atoms with van der Waals surface area (Å²) in [5, 5.41) is 6.92. The van der Waals surface area contributed by atoms with Crippen LogP contribution in [0.25, 0.3) is 10.9 Å². The highest BCUT2D eigenvalue weighted by Crippen LogP contribution is 2.31. The molecule has 1 atom stereocenters. The molecule has 1 unspecified atom stereocenters. The largest absolute Gasteiger partial charge is 0.489 e. The van der Waals surface area contributed by atoms with Crippen LogP contribution in [0.5, 0.6) is 5.75 Å². The number of hydrogen-bond donors (Lipinski definition) is 3. The summed E-state index contributed by atoms with van der Waals surface area (Å²) < 4.78 is 33.2. The summed E-state index contributed by atoms with van der Waals surface area (Å²) in [6.07, 6.45) is 4.10. The molecule has 30 heavy (non-hydrogen) atoms. The lowest BCUT2D eigenvalue weighted by molar-refractivity contribution is 0.0960. The summed E-state index contributed by atoms with van der Waals surface area (Å²) in [7, 11) is 1.55. The first-order chi connectivity index (χ1) is 14.1. The van der Waals surface area contributed by atoms with Gasteiger partial charge in [0.1, 0.15) is 12.4 Å². The van der Waals surface area contributed by atoms with Gasteiger partial charge >= 0.3 is 0 Å². The van der Waals surface area contributed by atoms with Crippen molar-refractivity contribution in [2.24, 2.45) is 0 Å². The molecule has 0 spiro atoms. The molecule has 0 saturated heterocycles. The van der Waals surface area contributed by atoms with E-state index in [9.17, 15) is 13.6 Å². The lowest BCUT2D eigenvalue weighted by Crippen LogP contribution is -2.41. The van der Waals surface area contributed by atoms with E-state index >= 15 is 0 Å². The van der Waals surface area contributed by atoms with E-state index in [0.29, 0.717) is 24.2 Å². The van der Waals surface area contributed by atoms with Crippen LogP contribution >= 0.6 is 12.4 Å². The van der Waals surface area contributed by atoms with E-state index in [1.807, 2.05) is 6.20 Å². The van der Waals surface area contributed by atoms with E-state index in [1.54, 1.807) is 19.2 Å². The number of aryl methyl sites for hydroxylation is 1. The number of aromatic amines is 1. The molecule has 2 heterocycles. The van der Waals surface area contributed by atoms with Crippen LogP contribution in [0.4, 0.5) is 8.78 Å². The zero-order chi connectivity index (χ0) is 20.4. The molecule has 1 aliphatic heterocycles. The van der Waals surface area contributed by atoms with Gasteiger partial charge in [-0.05, 0) is 61.7 Å². The summed E-state index contributed by atoms with van der Waals surface area (Å²) in [6, 6.07) is 7.49. The van der Waals surface area contributed by atoms with Crippen molar-refractivity contribution in [1.82, 2.24) is 15.6 Å². The summed E-state index contributed by atoms with van der Waals surface area (Å²) in [5.74, 6) is -0.770.